The van der Waals surface area contributed by atoms with Crippen LogP contribution >= 0.6 is 15.9 Å². The summed E-state index contributed by atoms with van der Waals surface area (Å²) in [6, 6.07) is 5.11. The molecule has 1 aromatic heterocycles. The fourth-order valence-electron chi connectivity index (χ4n) is 1.68. The van der Waals surface area contributed by atoms with Gasteiger partial charge in [-0.15, -0.1) is 10.2 Å². The number of carbonyl (C=O) groups is 1. The van der Waals surface area contributed by atoms with Gasteiger partial charge in [-0.3, -0.25) is 0 Å². The first-order chi connectivity index (χ1) is 11.1. The van der Waals surface area contributed by atoms with Gasteiger partial charge in [0.2, 0.25) is 5.82 Å². The fraction of sp³-hybridized carbons (Fsp3) is 0.154. The summed E-state index contributed by atoms with van der Waals surface area (Å²) in [7, 11) is 2.73. The van der Waals surface area contributed by atoms with E-state index >= 15 is 0 Å². The van der Waals surface area contributed by atoms with Gasteiger partial charge in [-0.2, -0.15) is 10.5 Å². The molecule has 1 aromatic carbocycles. The number of nitrogens with one attached hydrogen (secondary N) is 2. The number of aromatic amines is 1. The molecular formula is C13H11BrN6O3. The maximum absolute atomic E-state index is 11.7. The number of nitrogens with zero attached hydrogens (tertiary/aromatic N) is 4. The Labute approximate surface area is 139 Å². The zero-order chi connectivity index (χ0) is 16.8. The molecule has 0 radical (unpaired) electrons. The third-order valence-corrected chi connectivity index (χ3v) is 3.43. The average molecular weight is 379 g/mol. The Morgan fingerprint density at radius 3 is 2.83 bits per heavy atom. The molecule has 0 aliphatic carbocycles. The molecule has 118 valence electrons. The molecule has 0 bridgehead atoms. The van der Waals surface area contributed by atoms with Crippen LogP contribution in [0.2, 0.25) is 0 Å². The molecule has 1 heterocycles. The number of nitriles is 1. The molecule has 0 amide bonds. The lowest BCUT2D eigenvalue weighted by atomic mass is 10.1. The first-order valence-corrected chi connectivity index (χ1v) is 6.96. The number of tetrazole rings is 1. The average Bonchev–Trinajstić information content (AvgIpc) is 3.10. The summed E-state index contributed by atoms with van der Waals surface area (Å²) in [5, 5.41) is 25.2. The molecule has 2 aromatic rings. The summed E-state index contributed by atoms with van der Waals surface area (Å²) in [6.07, 6.45) is 1.42. The van der Waals surface area contributed by atoms with E-state index in [2.05, 4.69) is 41.9 Å². The van der Waals surface area contributed by atoms with Crippen LogP contribution in [0.3, 0.4) is 0 Å². The van der Waals surface area contributed by atoms with Gasteiger partial charge in [-0.25, -0.2) is 4.79 Å². The number of carbonyl (C=O) groups excluding carboxylic acids is 1. The summed E-state index contributed by atoms with van der Waals surface area (Å²) >= 11 is 3.34. The second-order valence-electron chi connectivity index (χ2n) is 4.07. The molecule has 0 saturated heterocycles. The molecule has 9 nitrogen and oxygen atoms in total. The van der Waals surface area contributed by atoms with Gasteiger partial charge in [0, 0.05) is 16.7 Å². The topological polar surface area (TPSA) is 126 Å². The highest BCUT2D eigenvalue weighted by Crippen LogP contribution is 2.32. The Hall–Kier alpha value is -2.93. The van der Waals surface area contributed by atoms with E-state index in [9.17, 15) is 4.79 Å². The number of aromatic nitrogens is 4. The van der Waals surface area contributed by atoms with Gasteiger partial charge < -0.3 is 14.8 Å². The van der Waals surface area contributed by atoms with Gasteiger partial charge in [0.05, 0.1) is 19.9 Å². The van der Waals surface area contributed by atoms with Crippen molar-refractivity contribution in [1.29, 1.82) is 5.26 Å². The molecule has 0 saturated carbocycles. The van der Waals surface area contributed by atoms with Crippen molar-refractivity contribution >= 4 is 33.2 Å². The molecule has 10 heteroatoms. The predicted molar refractivity (Wildman–Crippen MR) is 83.4 cm³/mol. The lowest BCUT2D eigenvalue weighted by molar-refractivity contribution is 0.0597. The predicted octanol–water partition coefficient (Wildman–Crippen LogP) is 1.73. The number of rotatable bonds is 5. The molecule has 0 atom stereocenters. The summed E-state index contributed by atoms with van der Waals surface area (Å²) in [4.78, 5) is 11.7. The first kappa shape index (κ1) is 16.4. The molecule has 2 rings (SSSR count). The Balaban J connectivity index is 2.34. The van der Waals surface area contributed by atoms with Crippen molar-refractivity contribution in [2.75, 3.05) is 19.5 Å². The van der Waals surface area contributed by atoms with Crippen molar-refractivity contribution in [1.82, 2.24) is 20.6 Å². The molecule has 23 heavy (non-hydrogen) atoms. The number of ether oxygens (including phenoxy) is 2. The minimum absolute atomic E-state index is 0.161. The number of anilines is 1. The zero-order valence-electron chi connectivity index (χ0n) is 12.1. The number of esters is 1. The van der Waals surface area contributed by atoms with Gasteiger partial charge >= 0.3 is 5.97 Å². The number of halogens is 1. The normalized spacial score (nSPS) is 10.8. The monoisotopic (exact) mass is 378 g/mol. The van der Waals surface area contributed by atoms with Crippen LogP contribution in [0, 0.1) is 11.3 Å². The van der Waals surface area contributed by atoms with Gasteiger partial charge in [0.1, 0.15) is 23.0 Å². The van der Waals surface area contributed by atoms with E-state index in [1.54, 1.807) is 12.1 Å². The second kappa shape index (κ2) is 7.37. The van der Waals surface area contributed by atoms with Gasteiger partial charge in [-0.05, 0) is 27.2 Å². The van der Waals surface area contributed by atoms with Crippen LogP contribution in [0.4, 0.5) is 5.69 Å². The van der Waals surface area contributed by atoms with E-state index < -0.39 is 5.97 Å². The second-order valence-corrected chi connectivity index (χ2v) is 4.93. The molecule has 0 fully saturated rings. The standard InChI is InChI=1S/C13H11BrN6O3/c1-22-11-4-10(9(14)3-8(11)13(21)23-2)16-6-7(5-15)12-17-19-20-18-12/h3-4,6,16H,1-2H3,(H,17,18,19,20). The van der Waals surface area contributed by atoms with E-state index in [4.69, 9.17) is 14.7 Å². The number of methoxy groups -OCH3 is 2. The Morgan fingerprint density at radius 2 is 2.26 bits per heavy atom. The third-order valence-electron chi connectivity index (χ3n) is 2.77. The summed E-state index contributed by atoms with van der Waals surface area (Å²) in [6.45, 7) is 0. The molecule has 0 aliphatic heterocycles. The maximum atomic E-state index is 11.7. The molecule has 0 unspecified atom stereocenters. The first-order valence-electron chi connectivity index (χ1n) is 6.17. The summed E-state index contributed by atoms with van der Waals surface area (Å²) in [5.74, 6) is -0.0301. The van der Waals surface area contributed by atoms with Crippen LogP contribution in [-0.4, -0.2) is 40.8 Å². The summed E-state index contributed by atoms with van der Waals surface area (Å²) in [5.41, 5.74) is 1.03. The Morgan fingerprint density at radius 1 is 1.48 bits per heavy atom. The van der Waals surface area contributed by atoms with Crippen LogP contribution in [0.25, 0.3) is 5.57 Å². The van der Waals surface area contributed by atoms with Crippen molar-refractivity contribution in [3.63, 3.8) is 0 Å². The fourth-order valence-corrected chi connectivity index (χ4v) is 2.13. The van der Waals surface area contributed by atoms with Crippen LogP contribution in [0.5, 0.6) is 5.75 Å². The van der Waals surface area contributed by atoms with Crippen LogP contribution in [-0.2, 0) is 4.74 Å². The maximum Gasteiger partial charge on any atom is 0.341 e. The molecule has 0 spiro atoms. The Bertz CT molecular complexity index is 782. The lowest BCUT2D eigenvalue weighted by Crippen LogP contribution is -2.05. The van der Waals surface area contributed by atoms with E-state index in [0.29, 0.717) is 15.9 Å². The van der Waals surface area contributed by atoms with Crippen molar-refractivity contribution < 1.29 is 14.3 Å². The number of H-pyrrole nitrogens is 1. The lowest BCUT2D eigenvalue weighted by Gasteiger charge is -2.11. The Kier molecular flexibility index (Phi) is 5.27. The molecular weight excluding hydrogens is 368 g/mol. The minimum atomic E-state index is -0.519. The number of hydrogen-bond donors (Lipinski definition) is 2. The number of hydrogen-bond acceptors (Lipinski definition) is 8. The van der Waals surface area contributed by atoms with E-state index in [1.165, 1.54) is 20.4 Å². The SMILES string of the molecule is COC(=O)c1cc(Br)c(NC=C(C#N)c2nn[nH]n2)cc1OC. The van der Waals surface area contributed by atoms with E-state index in [1.807, 2.05) is 6.07 Å². The highest BCUT2D eigenvalue weighted by Gasteiger charge is 2.16. The van der Waals surface area contributed by atoms with Crippen molar-refractivity contribution in [3.8, 4) is 11.8 Å². The van der Waals surface area contributed by atoms with Crippen molar-refractivity contribution in [3.05, 3.63) is 34.2 Å². The number of benzene rings is 1. The molecule has 0 aliphatic rings. The van der Waals surface area contributed by atoms with E-state index in [0.717, 1.165) is 0 Å². The highest BCUT2D eigenvalue weighted by atomic mass is 79.9. The van der Waals surface area contributed by atoms with Crippen LogP contribution in [0.1, 0.15) is 16.2 Å². The smallest absolute Gasteiger partial charge is 0.341 e. The van der Waals surface area contributed by atoms with Crippen LogP contribution < -0.4 is 10.1 Å². The summed E-state index contributed by atoms with van der Waals surface area (Å²) < 4.78 is 10.5. The largest absolute Gasteiger partial charge is 0.496 e. The zero-order valence-corrected chi connectivity index (χ0v) is 13.7. The van der Waals surface area contributed by atoms with Crippen LogP contribution in [0.15, 0.2) is 22.8 Å². The highest BCUT2D eigenvalue weighted by molar-refractivity contribution is 9.10. The van der Waals surface area contributed by atoms with E-state index in [-0.39, 0.29) is 17.0 Å². The quantitative estimate of drug-likeness (QED) is 0.594. The van der Waals surface area contributed by atoms with Gasteiger partial charge in [-0.1, -0.05) is 0 Å². The molecule has 2 N–H and O–H groups in total. The van der Waals surface area contributed by atoms with Gasteiger partial charge in [0.25, 0.3) is 0 Å². The minimum Gasteiger partial charge on any atom is -0.496 e. The number of allylic oxidation sites excluding steroid dienone is 1. The van der Waals surface area contributed by atoms with Crippen molar-refractivity contribution in [2.45, 2.75) is 0 Å². The third kappa shape index (κ3) is 3.64. The van der Waals surface area contributed by atoms with Gasteiger partial charge in [0.15, 0.2) is 0 Å². The van der Waals surface area contributed by atoms with Crippen molar-refractivity contribution in [2.24, 2.45) is 0 Å².